The SMILES string of the molecule is CCCC(=O)Nc1cncc(-c2cc3c(-c4nc5nccc(-c6cccs6)c5[nH]4)n[nH]c3cc2F)c1. The Morgan fingerprint density at radius 1 is 1.17 bits per heavy atom. The van der Waals surface area contributed by atoms with Crippen molar-refractivity contribution < 1.29 is 9.18 Å². The number of hydrogen-bond acceptors (Lipinski definition) is 6. The zero-order valence-corrected chi connectivity index (χ0v) is 20.0. The number of thiophene rings is 1. The number of nitrogens with one attached hydrogen (secondary N) is 3. The van der Waals surface area contributed by atoms with Crippen LogP contribution in [0.1, 0.15) is 19.8 Å². The van der Waals surface area contributed by atoms with Crippen molar-refractivity contribution >= 4 is 45.0 Å². The second-order valence-corrected chi connectivity index (χ2v) is 9.28. The number of carbonyl (C=O) groups is 1. The van der Waals surface area contributed by atoms with Crippen molar-refractivity contribution in [2.24, 2.45) is 0 Å². The van der Waals surface area contributed by atoms with E-state index < -0.39 is 5.82 Å². The van der Waals surface area contributed by atoms with Crippen molar-refractivity contribution in [1.82, 2.24) is 30.1 Å². The summed E-state index contributed by atoms with van der Waals surface area (Å²) in [5.41, 5.74) is 4.90. The van der Waals surface area contributed by atoms with Crippen molar-refractivity contribution in [2.45, 2.75) is 19.8 Å². The quantitative estimate of drug-likeness (QED) is 0.255. The van der Waals surface area contributed by atoms with Gasteiger partial charge in [-0.25, -0.2) is 14.4 Å². The Kier molecular flexibility index (Phi) is 5.49. The number of aromatic amines is 2. The molecule has 0 aliphatic rings. The molecule has 6 rings (SSSR count). The van der Waals surface area contributed by atoms with Crippen LogP contribution in [0.25, 0.3) is 55.2 Å². The number of fused-ring (bicyclic) bond motifs is 2. The number of halogens is 1. The van der Waals surface area contributed by atoms with E-state index in [-0.39, 0.29) is 5.91 Å². The fourth-order valence-corrected chi connectivity index (χ4v) is 4.96. The highest BCUT2D eigenvalue weighted by Crippen LogP contribution is 2.35. The second-order valence-electron chi connectivity index (χ2n) is 8.33. The van der Waals surface area contributed by atoms with Gasteiger partial charge in [-0.2, -0.15) is 5.10 Å². The van der Waals surface area contributed by atoms with Crippen LogP contribution in [0.15, 0.2) is 60.4 Å². The first-order chi connectivity index (χ1) is 17.6. The van der Waals surface area contributed by atoms with Crippen molar-refractivity contribution in [1.29, 1.82) is 0 Å². The first-order valence-corrected chi connectivity index (χ1v) is 12.3. The smallest absolute Gasteiger partial charge is 0.224 e. The van der Waals surface area contributed by atoms with E-state index >= 15 is 4.39 Å². The third-order valence-corrected chi connectivity index (χ3v) is 6.77. The van der Waals surface area contributed by atoms with E-state index in [2.05, 4.69) is 35.5 Å². The lowest BCUT2D eigenvalue weighted by Crippen LogP contribution is -2.10. The van der Waals surface area contributed by atoms with Gasteiger partial charge in [0.2, 0.25) is 5.91 Å². The minimum absolute atomic E-state index is 0.107. The first kappa shape index (κ1) is 22.1. The number of imidazole rings is 1. The maximum Gasteiger partial charge on any atom is 0.224 e. The molecular weight excluding hydrogens is 477 g/mol. The van der Waals surface area contributed by atoms with Gasteiger partial charge >= 0.3 is 0 Å². The molecule has 1 amide bonds. The zero-order chi connectivity index (χ0) is 24.6. The third-order valence-electron chi connectivity index (χ3n) is 5.86. The molecule has 5 heterocycles. The predicted octanol–water partition coefficient (Wildman–Crippen LogP) is 6.17. The summed E-state index contributed by atoms with van der Waals surface area (Å²) in [7, 11) is 0. The van der Waals surface area contributed by atoms with Crippen LogP contribution in [0.2, 0.25) is 0 Å². The van der Waals surface area contributed by atoms with Crippen LogP contribution >= 0.6 is 11.3 Å². The van der Waals surface area contributed by atoms with Crippen LogP contribution in [-0.2, 0) is 4.79 Å². The fraction of sp³-hybridized carbons (Fsp3) is 0.115. The van der Waals surface area contributed by atoms with Gasteiger partial charge in [0.15, 0.2) is 11.5 Å². The fourth-order valence-electron chi connectivity index (χ4n) is 4.21. The molecule has 0 fully saturated rings. The summed E-state index contributed by atoms with van der Waals surface area (Å²) in [5, 5.41) is 12.9. The summed E-state index contributed by atoms with van der Waals surface area (Å²) in [6, 6.07) is 10.8. The molecule has 36 heavy (non-hydrogen) atoms. The molecule has 5 aromatic heterocycles. The molecule has 0 bridgehead atoms. The number of carbonyl (C=O) groups excluding carboxylic acids is 1. The van der Waals surface area contributed by atoms with Gasteiger partial charge in [-0.05, 0) is 36.1 Å². The highest BCUT2D eigenvalue weighted by molar-refractivity contribution is 7.13. The van der Waals surface area contributed by atoms with Crippen molar-refractivity contribution in [2.75, 3.05) is 5.32 Å². The summed E-state index contributed by atoms with van der Waals surface area (Å²) in [5.74, 6) is -0.00304. The lowest BCUT2D eigenvalue weighted by Gasteiger charge is -2.08. The predicted molar refractivity (Wildman–Crippen MR) is 139 cm³/mol. The van der Waals surface area contributed by atoms with Gasteiger partial charge in [0.25, 0.3) is 0 Å². The van der Waals surface area contributed by atoms with Crippen molar-refractivity contribution in [3.8, 4) is 33.1 Å². The van der Waals surface area contributed by atoms with Crippen LogP contribution in [0, 0.1) is 5.82 Å². The lowest BCUT2D eigenvalue weighted by atomic mass is 10.0. The van der Waals surface area contributed by atoms with Crippen LogP contribution < -0.4 is 5.32 Å². The van der Waals surface area contributed by atoms with Gasteiger partial charge < -0.3 is 10.3 Å². The number of aromatic nitrogens is 6. The number of anilines is 1. The third kappa shape index (κ3) is 3.91. The van der Waals surface area contributed by atoms with Crippen LogP contribution in [0.3, 0.4) is 0 Å². The Hall–Kier alpha value is -4.44. The van der Waals surface area contributed by atoms with E-state index in [9.17, 15) is 4.79 Å². The van der Waals surface area contributed by atoms with Crippen LogP contribution in [-0.4, -0.2) is 36.0 Å². The van der Waals surface area contributed by atoms with Gasteiger partial charge in [0.1, 0.15) is 11.5 Å². The molecule has 10 heteroatoms. The van der Waals surface area contributed by atoms with Crippen LogP contribution in [0.5, 0.6) is 0 Å². The summed E-state index contributed by atoms with van der Waals surface area (Å²) in [4.78, 5) is 29.7. The highest BCUT2D eigenvalue weighted by atomic mass is 32.1. The van der Waals surface area contributed by atoms with Crippen molar-refractivity contribution in [3.05, 3.63) is 66.2 Å². The number of benzene rings is 1. The Labute approximate surface area is 208 Å². The van der Waals surface area contributed by atoms with Gasteiger partial charge in [-0.1, -0.05) is 13.0 Å². The molecule has 0 unspecified atom stereocenters. The molecule has 0 saturated heterocycles. The van der Waals surface area contributed by atoms with Gasteiger partial charge in [0.05, 0.1) is 22.9 Å². The van der Waals surface area contributed by atoms with Crippen molar-refractivity contribution in [3.63, 3.8) is 0 Å². The Balaban J connectivity index is 1.43. The molecule has 178 valence electrons. The maximum absolute atomic E-state index is 15.1. The number of H-pyrrole nitrogens is 2. The largest absolute Gasteiger partial charge is 0.335 e. The number of rotatable bonds is 6. The molecule has 0 aliphatic heterocycles. The van der Waals surface area contributed by atoms with Gasteiger partial charge in [0, 0.05) is 51.8 Å². The topological polar surface area (TPSA) is 112 Å². The molecule has 0 radical (unpaired) electrons. The second kappa shape index (κ2) is 8.97. The standard InChI is InChI=1S/C26H20FN7OS/c1-2-4-22(35)30-15-9-14(12-28-13-15)17-10-18-20(11-19(17)27)33-34-24(18)26-31-23-16(21-5-3-8-36-21)6-7-29-25(23)32-26/h3,5-13H,2,4H2,1H3,(H,30,35)(H,33,34)(H,29,31,32). The van der Waals surface area contributed by atoms with E-state index in [0.717, 1.165) is 22.4 Å². The molecule has 0 atom stereocenters. The first-order valence-electron chi connectivity index (χ1n) is 11.4. The van der Waals surface area contributed by atoms with E-state index in [1.54, 1.807) is 42.1 Å². The minimum Gasteiger partial charge on any atom is -0.335 e. The van der Waals surface area contributed by atoms with Gasteiger partial charge in [-0.15, -0.1) is 11.3 Å². The molecule has 1 aromatic carbocycles. The van der Waals surface area contributed by atoms with E-state index in [1.165, 1.54) is 6.07 Å². The molecular formula is C26H20FN7OS. The Bertz CT molecular complexity index is 1720. The Morgan fingerprint density at radius 2 is 2.08 bits per heavy atom. The summed E-state index contributed by atoms with van der Waals surface area (Å²) < 4.78 is 15.1. The average Bonchev–Trinajstić information content (AvgIpc) is 3.62. The minimum atomic E-state index is -0.428. The molecule has 6 aromatic rings. The summed E-state index contributed by atoms with van der Waals surface area (Å²) in [6.45, 7) is 1.93. The normalized spacial score (nSPS) is 11.4. The van der Waals surface area contributed by atoms with Gasteiger partial charge in [-0.3, -0.25) is 14.9 Å². The van der Waals surface area contributed by atoms with E-state index in [4.69, 9.17) is 0 Å². The number of hydrogen-bond donors (Lipinski definition) is 3. The zero-order valence-electron chi connectivity index (χ0n) is 19.2. The summed E-state index contributed by atoms with van der Waals surface area (Å²) >= 11 is 1.64. The number of amides is 1. The highest BCUT2D eigenvalue weighted by Gasteiger charge is 2.18. The van der Waals surface area contributed by atoms with E-state index in [1.807, 2.05) is 30.5 Å². The van der Waals surface area contributed by atoms with E-state index in [0.29, 0.717) is 51.3 Å². The maximum atomic E-state index is 15.1. The molecule has 0 saturated carbocycles. The summed E-state index contributed by atoms with van der Waals surface area (Å²) in [6.07, 6.45) is 5.99. The lowest BCUT2D eigenvalue weighted by molar-refractivity contribution is -0.116. The van der Waals surface area contributed by atoms with Crippen LogP contribution in [0.4, 0.5) is 10.1 Å². The average molecular weight is 498 g/mol. The number of nitrogens with zero attached hydrogens (tertiary/aromatic N) is 4. The molecule has 3 N–H and O–H groups in total. The Morgan fingerprint density at radius 3 is 2.92 bits per heavy atom. The molecule has 0 aliphatic carbocycles. The monoisotopic (exact) mass is 497 g/mol. The number of pyridine rings is 2. The molecule has 0 spiro atoms. The molecule has 8 nitrogen and oxygen atoms in total.